The lowest BCUT2D eigenvalue weighted by atomic mass is 10.2. The van der Waals surface area contributed by atoms with Crippen LogP contribution in [-0.4, -0.2) is 18.5 Å². The molecular weight excluding hydrogens is 245 g/mol. The van der Waals surface area contributed by atoms with Gasteiger partial charge in [0.2, 0.25) is 5.91 Å². The predicted octanol–water partition coefficient (Wildman–Crippen LogP) is 2.17. The molecule has 2 rings (SSSR count). The molecule has 100 valence electrons. The highest BCUT2D eigenvalue weighted by atomic mass is 19.1. The second-order valence-electron chi connectivity index (χ2n) is 4.71. The topological polar surface area (TPSA) is 64.9 Å². The number of halogens is 1. The minimum atomic E-state index is -0.552. The highest BCUT2D eigenvalue weighted by Gasteiger charge is 2.16. The number of rotatable bonds is 4. The Labute approximate surface area is 111 Å². The van der Waals surface area contributed by atoms with E-state index in [-0.39, 0.29) is 24.1 Å². The number of nitriles is 1. The number of carbonyl (C=O) groups excluding carboxylic acids is 1. The Morgan fingerprint density at radius 3 is 2.84 bits per heavy atom. The van der Waals surface area contributed by atoms with E-state index in [9.17, 15) is 9.18 Å². The summed E-state index contributed by atoms with van der Waals surface area (Å²) >= 11 is 0. The minimum absolute atomic E-state index is 0.0267. The van der Waals surface area contributed by atoms with Crippen LogP contribution in [0.25, 0.3) is 0 Å². The Bertz CT molecular complexity index is 504. The molecule has 5 heteroatoms. The summed E-state index contributed by atoms with van der Waals surface area (Å²) in [6.07, 6.45) is 4.42. The number of benzene rings is 1. The lowest BCUT2D eigenvalue weighted by Gasteiger charge is -2.13. The van der Waals surface area contributed by atoms with Gasteiger partial charge in [0.15, 0.2) is 0 Å². The third kappa shape index (κ3) is 3.68. The van der Waals surface area contributed by atoms with Crippen molar-refractivity contribution in [3.63, 3.8) is 0 Å². The van der Waals surface area contributed by atoms with Crippen LogP contribution in [0.1, 0.15) is 31.2 Å². The Morgan fingerprint density at radius 1 is 1.42 bits per heavy atom. The number of hydrogen-bond acceptors (Lipinski definition) is 3. The number of anilines is 1. The largest absolute Gasteiger partial charge is 0.376 e. The maximum absolute atomic E-state index is 13.1. The lowest BCUT2D eigenvalue weighted by Crippen LogP contribution is -2.36. The molecule has 1 aromatic rings. The molecule has 19 heavy (non-hydrogen) atoms. The van der Waals surface area contributed by atoms with Gasteiger partial charge in [-0.3, -0.25) is 4.79 Å². The first kappa shape index (κ1) is 13.3. The van der Waals surface area contributed by atoms with Crippen LogP contribution in [0.15, 0.2) is 18.2 Å². The molecule has 1 aliphatic rings. The van der Waals surface area contributed by atoms with Crippen molar-refractivity contribution >= 4 is 11.6 Å². The van der Waals surface area contributed by atoms with Gasteiger partial charge in [-0.05, 0) is 31.0 Å². The van der Waals surface area contributed by atoms with Gasteiger partial charge in [0.05, 0.1) is 12.1 Å². The molecule has 2 N–H and O–H groups in total. The van der Waals surface area contributed by atoms with E-state index in [0.29, 0.717) is 5.69 Å². The number of hydrogen-bond donors (Lipinski definition) is 2. The Balaban J connectivity index is 1.84. The van der Waals surface area contributed by atoms with Gasteiger partial charge in [-0.1, -0.05) is 12.8 Å². The second-order valence-corrected chi connectivity index (χ2v) is 4.71. The highest BCUT2D eigenvalue weighted by molar-refractivity contribution is 5.81. The average molecular weight is 261 g/mol. The molecule has 0 aliphatic heterocycles. The monoisotopic (exact) mass is 261 g/mol. The van der Waals surface area contributed by atoms with Crippen molar-refractivity contribution in [2.24, 2.45) is 0 Å². The second kappa shape index (κ2) is 6.19. The van der Waals surface area contributed by atoms with Crippen molar-refractivity contribution in [2.75, 3.05) is 11.9 Å². The SMILES string of the molecule is N#Cc1cc(NCC(=O)NC2CCCC2)ccc1F. The van der Waals surface area contributed by atoms with Crippen LogP contribution in [0, 0.1) is 17.1 Å². The van der Waals surface area contributed by atoms with Gasteiger partial charge < -0.3 is 10.6 Å². The van der Waals surface area contributed by atoms with Crippen molar-refractivity contribution in [3.8, 4) is 6.07 Å². The molecule has 0 radical (unpaired) electrons. The summed E-state index contributed by atoms with van der Waals surface area (Å²) < 4.78 is 13.1. The molecule has 0 atom stereocenters. The van der Waals surface area contributed by atoms with E-state index in [4.69, 9.17) is 5.26 Å². The minimum Gasteiger partial charge on any atom is -0.376 e. The van der Waals surface area contributed by atoms with Gasteiger partial charge in [-0.15, -0.1) is 0 Å². The molecule has 0 saturated heterocycles. The molecule has 4 nitrogen and oxygen atoms in total. The van der Waals surface area contributed by atoms with Crippen molar-refractivity contribution in [3.05, 3.63) is 29.6 Å². The summed E-state index contributed by atoms with van der Waals surface area (Å²) in [7, 11) is 0. The highest BCUT2D eigenvalue weighted by Crippen LogP contribution is 2.17. The first-order valence-electron chi connectivity index (χ1n) is 6.42. The van der Waals surface area contributed by atoms with Gasteiger partial charge in [0.25, 0.3) is 0 Å². The van der Waals surface area contributed by atoms with Crippen molar-refractivity contribution in [2.45, 2.75) is 31.7 Å². The van der Waals surface area contributed by atoms with E-state index in [2.05, 4.69) is 10.6 Å². The molecular formula is C14H16FN3O. The Kier molecular flexibility index (Phi) is 4.35. The average Bonchev–Trinajstić information content (AvgIpc) is 2.90. The van der Waals surface area contributed by atoms with Crippen LogP contribution in [0.5, 0.6) is 0 Å². The van der Waals surface area contributed by atoms with E-state index in [1.54, 1.807) is 6.07 Å². The normalized spacial score (nSPS) is 14.9. The summed E-state index contributed by atoms with van der Waals surface area (Å²) in [5.74, 6) is -0.627. The maximum atomic E-state index is 13.1. The number of carbonyl (C=O) groups is 1. The van der Waals surface area contributed by atoms with Crippen molar-refractivity contribution in [1.82, 2.24) is 5.32 Å². The van der Waals surface area contributed by atoms with Crippen molar-refractivity contribution < 1.29 is 9.18 Å². The number of nitrogens with zero attached hydrogens (tertiary/aromatic N) is 1. The van der Waals surface area contributed by atoms with Gasteiger partial charge >= 0.3 is 0 Å². The van der Waals surface area contributed by atoms with Crippen LogP contribution in [0.4, 0.5) is 10.1 Å². The Morgan fingerprint density at radius 2 is 2.16 bits per heavy atom. The molecule has 0 bridgehead atoms. The molecule has 0 heterocycles. The smallest absolute Gasteiger partial charge is 0.239 e. The molecule has 1 aliphatic carbocycles. The Hall–Kier alpha value is -2.09. The molecule has 0 unspecified atom stereocenters. The van der Waals surface area contributed by atoms with Crippen LogP contribution in [0.2, 0.25) is 0 Å². The fourth-order valence-corrected chi connectivity index (χ4v) is 2.25. The third-order valence-corrected chi connectivity index (χ3v) is 3.26. The summed E-state index contributed by atoms with van der Waals surface area (Å²) in [4.78, 5) is 11.7. The molecule has 1 aromatic carbocycles. The quantitative estimate of drug-likeness (QED) is 0.873. The summed E-state index contributed by atoms with van der Waals surface area (Å²) in [6.45, 7) is 0.132. The van der Waals surface area contributed by atoms with E-state index in [0.717, 1.165) is 12.8 Å². The third-order valence-electron chi connectivity index (χ3n) is 3.26. The van der Waals surface area contributed by atoms with Crippen molar-refractivity contribution in [1.29, 1.82) is 5.26 Å². The molecule has 1 saturated carbocycles. The van der Waals surface area contributed by atoms with Crippen LogP contribution in [-0.2, 0) is 4.79 Å². The zero-order chi connectivity index (χ0) is 13.7. The fraction of sp³-hybridized carbons (Fsp3) is 0.429. The number of amides is 1. The molecule has 0 aromatic heterocycles. The summed E-state index contributed by atoms with van der Waals surface area (Å²) in [5.41, 5.74) is 0.542. The van der Waals surface area contributed by atoms with E-state index >= 15 is 0 Å². The van der Waals surface area contributed by atoms with Crippen LogP contribution >= 0.6 is 0 Å². The van der Waals surface area contributed by atoms with Crippen LogP contribution < -0.4 is 10.6 Å². The maximum Gasteiger partial charge on any atom is 0.239 e. The zero-order valence-electron chi connectivity index (χ0n) is 10.6. The molecule has 1 fully saturated rings. The standard InChI is InChI=1S/C14H16FN3O/c15-13-6-5-12(7-10(13)8-16)17-9-14(19)18-11-3-1-2-4-11/h5-7,11,17H,1-4,9H2,(H,18,19). The molecule has 1 amide bonds. The van der Waals surface area contributed by atoms with E-state index in [1.165, 1.54) is 31.0 Å². The first-order chi connectivity index (χ1) is 9.19. The van der Waals surface area contributed by atoms with Gasteiger partial charge in [-0.2, -0.15) is 5.26 Å². The lowest BCUT2D eigenvalue weighted by molar-refractivity contribution is -0.120. The van der Waals surface area contributed by atoms with Crippen LogP contribution in [0.3, 0.4) is 0 Å². The first-order valence-corrected chi connectivity index (χ1v) is 6.42. The summed E-state index contributed by atoms with van der Waals surface area (Å²) in [5, 5.41) is 14.6. The fourth-order valence-electron chi connectivity index (χ4n) is 2.25. The van der Waals surface area contributed by atoms with E-state index < -0.39 is 5.82 Å². The van der Waals surface area contributed by atoms with Gasteiger partial charge in [0.1, 0.15) is 11.9 Å². The molecule has 0 spiro atoms. The van der Waals surface area contributed by atoms with Gasteiger partial charge in [0, 0.05) is 11.7 Å². The van der Waals surface area contributed by atoms with E-state index in [1.807, 2.05) is 0 Å². The van der Waals surface area contributed by atoms with Gasteiger partial charge in [-0.25, -0.2) is 4.39 Å². The number of nitrogens with one attached hydrogen (secondary N) is 2. The zero-order valence-corrected chi connectivity index (χ0v) is 10.6. The predicted molar refractivity (Wildman–Crippen MR) is 70.0 cm³/mol. The summed E-state index contributed by atoms with van der Waals surface area (Å²) in [6, 6.07) is 6.19.